The second-order valence-electron chi connectivity index (χ2n) is 6.31. The van der Waals surface area contributed by atoms with Crippen LogP contribution in [-0.4, -0.2) is 31.1 Å². The topological polar surface area (TPSA) is 58.4 Å². The van der Waals surface area contributed by atoms with Gasteiger partial charge in [0.05, 0.1) is 5.54 Å². The van der Waals surface area contributed by atoms with E-state index in [1.807, 2.05) is 32.9 Å². The number of carbonyl (C=O) groups is 1. The summed E-state index contributed by atoms with van der Waals surface area (Å²) >= 11 is 0. The van der Waals surface area contributed by atoms with E-state index in [4.69, 9.17) is 5.73 Å². The number of aryl methyl sites for hydroxylation is 1. The van der Waals surface area contributed by atoms with Gasteiger partial charge in [-0.2, -0.15) is 0 Å². The Labute approximate surface area is 128 Å². The Balaban J connectivity index is 2.58. The summed E-state index contributed by atoms with van der Waals surface area (Å²) in [6.07, 6.45) is 1.64. The highest BCUT2D eigenvalue weighted by Crippen LogP contribution is 2.20. The number of primary amides is 1. The summed E-state index contributed by atoms with van der Waals surface area (Å²) in [5, 5.41) is 3.29. The molecule has 0 heterocycles. The van der Waals surface area contributed by atoms with E-state index in [9.17, 15) is 4.79 Å². The monoisotopic (exact) mass is 291 g/mol. The molecular weight excluding hydrogens is 262 g/mol. The normalized spacial score (nSPS) is 14.0. The molecule has 21 heavy (non-hydrogen) atoms. The lowest BCUT2D eigenvalue weighted by molar-refractivity contribution is -0.124. The van der Waals surface area contributed by atoms with Crippen molar-refractivity contribution in [3.63, 3.8) is 0 Å². The minimum absolute atomic E-state index is 0.233. The molecule has 0 aliphatic rings. The Bertz CT molecular complexity index is 473. The van der Waals surface area contributed by atoms with E-state index >= 15 is 0 Å². The number of hydrogen-bond donors (Lipinski definition) is 2. The van der Waals surface area contributed by atoms with Crippen LogP contribution in [0.2, 0.25) is 0 Å². The van der Waals surface area contributed by atoms with Crippen LogP contribution in [0.1, 0.15) is 39.2 Å². The van der Waals surface area contributed by atoms with Crippen LogP contribution in [0, 0.1) is 6.92 Å². The van der Waals surface area contributed by atoms with Crippen LogP contribution in [0.5, 0.6) is 0 Å². The lowest BCUT2D eigenvalue weighted by atomic mass is 9.93. The molecule has 0 radical (unpaired) electrons. The third-order valence-corrected chi connectivity index (χ3v) is 3.85. The summed E-state index contributed by atoms with van der Waals surface area (Å²) in [5.41, 5.74) is 7.41. The molecule has 0 aliphatic heterocycles. The smallest absolute Gasteiger partial charge is 0.237 e. The van der Waals surface area contributed by atoms with Crippen molar-refractivity contribution in [3.05, 3.63) is 29.8 Å². The van der Waals surface area contributed by atoms with Gasteiger partial charge in [0.2, 0.25) is 5.91 Å². The molecule has 0 spiro atoms. The SMILES string of the molecule is Cc1ccccc1N(C)CCCC(C)(NC(C)C)C(N)=O. The van der Waals surface area contributed by atoms with E-state index < -0.39 is 5.54 Å². The van der Waals surface area contributed by atoms with Gasteiger partial charge in [-0.3, -0.25) is 4.79 Å². The molecule has 0 saturated heterocycles. The van der Waals surface area contributed by atoms with Crippen LogP contribution in [0.4, 0.5) is 5.69 Å². The zero-order chi connectivity index (χ0) is 16.0. The molecule has 0 fully saturated rings. The number of para-hydroxylation sites is 1. The summed E-state index contributed by atoms with van der Waals surface area (Å²) in [7, 11) is 2.08. The van der Waals surface area contributed by atoms with Crippen LogP contribution in [0.3, 0.4) is 0 Å². The first-order valence-electron chi connectivity index (χ1n) is 7.60. The maximum atomic E-state index is 11.7. The van der Waals surface area contributed by atoms with E-state index in [0.29, 0.717) is 0 Å². The summed E-state index contributed by atoms with van der Waals surface area (Å²) < 4.78 is 0. The molecule has 0 aliphatic carbocycles. The summed E-state index contributed by atoms with van der Waals surface area (Å²) in [6, 6.07) is 8.56. The standard InChI is InChI=1S/C17H29N3O/c1-13(2)19-17(4,16(18)21)11-8-12-20(5)15-10-7-6-9-14(15)3/h6-7,9-10,13,19H,8,11-12H2,1-5H3,(H2,18,21). The quantitative estimate of drug-likeness (QED) is 0.773. The highest BCUT2D eigenvalue weighted by Gasteiger charge is 2.30. The molecule has 0 saturated carbocycles. The maximum Gasteiger partial charge on any atom is 0.237 e. The fourth-order valence-electron chi connectivity index (χ4n) is 2.69. The minimum Gasteiger partial charge on any atom is -0.374 e. The fraction of sp³-hybridized carbons (Fsp3) is 0.588. The second kappa shape index (κ2) is 7.46. The molecule has 0 bridgehead atoms. The molecule has 1 aromatic rings. The van der Waals surface area contributed by atoms with Crippen molar-refractivity contribution in [2.45, 2.75) is 52.1 Å². The third-order valence-electron chi connectivity index (χ3n) is 3.85. The van der Waals surface area contributed by atoms with Gasteiger partial charge >= 0.3 is 0 Å². The molecular formula is C17H29N3O. The van der Waals surface area contributed by atoms with Gasteiger partial charge in [0, 0.05) is 25.3 Å². The highest BCUT2D eigenvalue weighted by atomic mass is 16.1. The molecule has 0 aromatic heterocycles. The first-order valence-corrected chi connectivity index (χ1v) is 7.60. The molecule has 1 atom stereocenters. The van der Waals surface area contributed by atoms with Crippen molar-refractivity contribution >= 4 is 11.6 Å². The molecule has 1 amide bonds. The number of carbonyl (C=O) groups excluding carboxylic acids is 1. The molecule has 4 nitrogen and oxygen atoms in total. The molecule has 4 heteroatoms. The van der Waals surface area contributed by atoms with Gasteiger partial charge in [0.25, 0.3) is 0 Å². The lowest BCUT2D eigenvalue weighted by Gasteiger charge is -2.31. The summed E-state index contributed by atoms with van der Waals surface area (Å²) in [5.74, 6) is -0.283. The number of amides is 1. The van der Waals surface area contributed by atoms with E-state index in [-0.39, 0.29) is 11.9 Å². The van der Waals surface area contributed by atoms with Crippen LogP contribution in [0.15, 0.2) is 24.3 Å². The number of hydrogen-bond acceptors (Lipinski definition) is 3. The van der Waals surface area contributed by atoms with Gasteiger partial charge in [-0.15, -0.1) is 0 Å². The Morgan fingerprint density at radius 3 is 2.52 bits per heavy atom. The van der Waals surface area contributed by atoms with Gasteiger partial charge in [0.1, 0.15) is 0 Å². The summed E-state index contributed by atoms with van der Waals surface area (Å²) in [6.45, 7) is 8.96. The molecule has 1 rings (SSSR count). The summed E-state index contributed by atoms with van der Waals surface area (Å²) in [4.78, 5) is 13.9. The second-order valence-corrected chi connectivity index (χ2v) is 6.31. The predicted octanol–water partition coefficient (Wildman–Crippen LogP) is 2.45. The minimum atomic E-state index is -0.638. The van der Waals surface area contributed by atoms with Crippen molar-refractivity contribution in [2.75, 3.05) is 18.5 Å². The van der Waals surface area contributed by atoms with Gasteiger partial charge in [0.15, 0.2) is 0 Å². The Hall–Kier alpha value is -1.55. The molecule has 1 unspecified atom stereocenters. The molecule has 1 aromatic carbocycles. The van der Waals surface area contributed by atoms with Crippen LogP contribution >= 0.6 is 0 Å². The highest BCUT2D eigenvalue weighted by molar-refractivity contribution is 5.84. The fourth-order valence-corrected chi connectivity index (χ4v) is 2.69. The number of benzene rings is 1. The predicted molar refractivity (Wildman–Crippen MR) is 89.6 cm³/mol. The Kier molecular flexibility index (Phi) is 6.21. The largest absolute Gasteiger partial charge is 0.374 e. The van der Waals surface area contributed by atoms with Crippen molar-refractivity contribution in [1.29, 1.82) is 0 Å². The number of nitrogens with two attached hydrogens (primary N) is 1. The van der Waals surface area contributed by atoms with Crippen LogP contribution in [-0.2, 0) is 4.79 Å². The van der Waals surface area contributed by atoms with Crippen LogP contribution < -0.4 is 16.0 Å². The van der Waals surface area contributed by atoms with Crippen molar-refractivity contribution < 1.29 is 4.79 Å². The average Bonchev–Trinajstić information content (AvgIpc) is 2.38. The van der Waals surface area contributed by atoms with Gasteiger partial charge in [-0.25, -0.2) is 0 Å². The van der Waals surface area contributed by atoms with E-state index in [0.717, 1.165) is 19.4 Å². The first-order chi connectivity index (χ1) is 9.76. The Morgan fingerprint density at radius 1 is 1.38 bits per heavy atom. The zero-order valence-electron chi connectivity index (χ0n) is 13.9. The van der Waals surface area contributed by atoms with Gasteiger partial charge in [-0.05, 0) is 52.2 Å². The number of nitrogens with zero attached hydrogens (tertiary/aromatic N) is 1. The van der Waals surface area contributed by atoms with E-state index in [1.54, 1.807) is 0 Å². The number of nitrogens with one attached hydrogen (secondary N) is 1. The Morgan fingerprint density at radius 2 is 2.00 bits per heavy atom. The average molecular weight is 291 g/mol. The third kappa shape index (κ3) is 5.05. The lowest BCUT2D eigenvalue weighted by Crippen LogP contribution is -2.55. The zero-order valence-corrected chi connectivity index (χ0v) is 13.9. The molecule has 118 valence electrons. The van der Waals surface area contributed by atoms with Gasteiger partial charge < -0.3 is 16.0 Å². The van der Waals surface area contributed by atoms with Gasteiger partial charge in [-0.1, -0.05) is 18.2 Å². The maximum absolute atomic E-state index is 11.7. The number of anilines is 1. The van der Waals surface area contributed by atoms with E-state index in [2.05, 4.69) is 36.3 Å². The molecule has 3 N–H and O–H groups in total. The van der Waals surface area contributed by atoms with Crippen LogP contribution in [0.25, 0.3) is 0 Å². The van der Waals surface area contributed by atoms with E-state index in [1.165, 1.54) is 11.3 Å². The number of rotatable bonds is 8. The van der Waals surface area contributed by atoms with Crippen molar-refractivity contribution in [3.8, 4) is 0 Å². The van der Waals surface area contributed by atoms with Crippen molar-refractivity contribution in [1.82, 2.24) is 5.32 Å². The van der Waals surface area contributed by atoms with Crippen molar-refractivity contribution in [2.24, 2.45) is 5.73 Å². The first kappa shape index (κ1) is 17.5.